The monoisotopic (exact) mass is 253 g/mol. The van der Waals surface area contributed by atoms with Crippen molar-refractivity contribution < 1.29 is 4.79 Å². The lowest BCUT2D eigenvalue weighted by molar-refractivity contribution is -0.122. The first-order chi connectivity index (χ1) is 8.66. The van der Waals surface area contributed by atoms with Gasteiger partial charge in [0.1, 0.15) is 0 Å². The number of amides is 1. The van der Waals surface area contributed by atoms with E-state index in [1.165, 1.54) is 25.8 Å². The highest BCUT2D eigenvalue weighted by Crippen LogP contribution is 2.27. The van der Waals surface area contributed by atoms with Gasteiger partial charge in [0.25, 0.3) is 0 Å². The van der Waals surface area contributed by atoms with Crippen LogP contribution in [0.25, 0.3) is 0 Å². The number of hydrogen-bond donors (Lipinski definition) is 2. The molecule has 0 aromatic carbocycles. The van der Waals surface area contributed by atoms with Crippen molar-refractivity contribution in [3.05, 3.63) is 0 Å². The lowest BCUT2D eigenvalue weighted by atomic mass is 9.99. The number of nitrogens with one attached hydrogen (secondary N) is 1. The van der Waals surface area contributed by atoms with Crippen molar-refractivity contribution in [3.63, 3.8) is 0 Å². The maximum atomic E-state index is 11.9. The summed E-state index contributed by atoms with van der Waals surface area (Å²) in [6.07, 6.45) is 7.50. The first kappa shape index (κ1) is 13.8. The standard InChI is InChI=1S/C14H27N3O/c1-11(15)5-4-7-14(18)16-12-8-10-17-9-3-2-6-13(12)17/h11-13H,2-10,15H2,1H3,(H,16,18). The van der Waals surface area contributed by atoms with Crippen LogP contribution in [-0.4, -0.2) is 42.0 Å². The maximum absolute atomic E-state index is 11.9. The van der Waals surface area contributed by atoms with Crippen LogP contribution in [0.15, 0.2) is 0 Å². The molecule has 4 nitrogen and oxygen atoms in total. The molecule has 0 spiro atoms. The van der Waals surface area contributed by atoms with Gasteiger partial charge in [-0.2, -0.15) is 0 Å². The van der Waals surface area contributed by atoms with Gasteiger partial charge in [0.15, 0.2) is 0 Å². The molecule has 0 radical (unpaired) electrons. The molecule has 0 bridgehead atoms. The number of nitrogens with two attached hydrogens (primary N) is 1. The van der Waals surface area contributed by atoms with E-state index in [0.29, 0.717) is 18.5 Å². The van der Waals surface area contributed by atoms with Crippen LogP contribution in [-0.2, 0) is 4.79 Å². The van der Waals surface area contributed by atoms with Crippen LogP contribution in [0.3, 0.4) is 0 Å². The molecule has 0 saturated carbocycles. The van der Waals surface area contributed by atoms with Gasteiger partial charge in [-0.3, -0.25) is 9.69 Å². The number of hydrogen-bond acceptors (Lipinski definition) is 3. The molecule has 3 unspecified atom stereocenters. The number of rotatable bonds is 5. The van der Waals surface area contributed by atoms with Gasteiger partial charge < -0.3 is 11.1 Å². The Morgan fingerprint density at radius 3 is 3.00 bits per heavy atom. The Morgan fingerprint density at radius 2 is 2.22 bits per heavy atom. The zero-order chi connectivity index (χ0) is 13.0. The Balaban J connectivity index is 1.70. The highest BCUT2D eigenvalue weighted by Gasteiger charge is 2.35. The van der Waals surface area contributed by atoms with E-state index in [9.17, 15) is 4.79 Å². The van der Waals surface area contributed by atoms with Crippen molar-refractivity contribution >= 4 is 5.91 Å². The van der Waals surface area contributed by atoms with Crippen molar-refractivity contribution in [3.8, 4) is 0 Å². The molecule has 3 N–H and O–H groups in total. The molecule has 2 aliphatic rings. The summed E-state index contributed by atoms with van der Waals surface area (Å²) in [5.41, 5.74) is 5.69. The van der Waals surface area contributed by atoms with Gasteiger partial charge in [0.05, 0.1) is 0 Å². The van der Waals surface area contributed by atoms with Crippen LogP contribution in [0.5, 0.6) is 0 Å². The molecule has 4 heteroatoms. The predicted octanol–water partition coefficient (Wildman–Crippen LogP) is 1.25. The molecular formula is C14H27N3O. The van der Waals surface area contributed by atoms with Crippen LogP contribution in [0, 0.1) is 0 Å². The fourth-order valence-electron chi connectivity index (χ4n) is 3.28. The molecule has 0 aromatic rings. The van der Waals surface area contributed by atoms with Gasteiger partial charge in [-0.15, -0.1) is 0 Å². The van der Waals surface area contributed by atoms with E-state index in [0.717, 1.165) is 25.8 Å². The molecule has 2 fully saturated rings. The Kier molecular flexibility index (Phi) is 5.01. The number of carbonyl (C=O) groups excluding carboxylic acids is 1. The third kappa shape index (κ3) is 3.69. The Bertz CT molecular complexity index is 280. The Hall–Kier alpha value is -0.610. The topological polar surface area (TPSA) is 58.4 Å². The van der Waals surface area contributed by atoms with E-state index >= 15 is 0 Å². The van der Waals surface area contributed by atoms with Crippen LogP contribution in [0.2, 0.25) is 0 Å². The molecule has 2 aliphatic heterocycles. The van der Waals surface area contributed by atoms with Crippen molar-refractivity contribution in [2.24, 2.45) is 5.73 Å². The van der Waals surface area contributed by atoms with E-state index in [2.05, 4.69) is 10.2 Å². The smallest absolute Gasteiger partial charge is 0.220 e. The summed E-state index contributed by atoms with van der Waals surface area (Å²) in [5.74, 6) is 0.216. The van der Waals surface area contributed by atoms with Crippen molar-refractivity contribution in [1.29, 1.82) is 0 Å². The van der Waals surface area contributed by atoms with Gasteiger partial charge in [0.2, 0.25) is 5.91 Å². The summed E-state index contributed by atoms with van der Waals surface area (Å²) in [4.78, 5) is 14.4. The molecule has 2 saturated heterocycles. The first-order valence-corrected chi connectivity index (χ1v) is 7.46. The number of fused-ring (bicyclic) bond motifs is 1. The highest BCUT2D eigenvalue weighted by molar-refractivity contribution is 5.76. The van der Waals surface area contributed by atoms with Gasteiger partial charge >= 0.3 is 0 Å². The van der Waals surface area contributed by atoms with Crippen LogP contribution < -0.4 is 11.1 Å². The van der Waals surface area contributed by atoms with Crippen molar-refractivity contribution in [1.82, 2.24) is 10.2 Å². The lowest BCUT2D eigenvalue weighted by Crippen LogP contribution is -2.46. The van der Waals surface area contributed by atoms with Crippen molar-refractivity contribution in [2.45, 2.75) is 70.0 Å². The molecule has 1 amide bonds. The van der Waals surface area contributed by atoms with Gasteiger partial charge in [0, 0.05) is 31.1 Å². The average molecular weight is 253 g/mol. The largest absolute Gasteiger partial charge is 0.352 e. The summed E-state index contributed by atoms with van der Waals surface area (Å²) in [5, 5.41) is 3.23. The predicted molar refractivity (Wildman–Crippen MR) is 73.3 cm³/mol. The minimum absolute atomic E-state index is 0.207. The van der Waals surface area contributed by atoms with E-state index in [4.69, 9.17) is 5.73 Å². The second-order valence-electron chi connectivity index (χ2n) is 5.93. The van der Waals surface area contributed by atoms with E-state index in [-0.39, 0.29) is 11.9 Å². The molecule has 104 valence electrons. The minimum atomic E-state index is 0.207. The third-order valence-electron chi connectivity index (χ3n) is 4.27. The fraction of sp³-hybridized carbons (Fsp3) is 0.929. The molecule has 0 aromatic heterocycles. The maximum Gasteiger partial charge on any atom is 0.220 e. The fourth-order valence-corrected chi connectivity index (χ4v) is 3.28. The molecule has 0 aliphatic carbocycles. The summed E-state index contributed by atoms with van der Waals surface area (Å²) >= 11 is 0. The summed E-state index contributed by atoms with van der Waals surface area (Å²) in [6.45, 7) is 4.38. The van der Waals surface area contributed by atoms with Gasteiger partial charge in [-0.05, 0) is 45.6 Å². The molecule has 18 heavy (non-hydrogen) atoms. The summed E-state index contributed by atoms with van der Waals surface area (Å²) < 4.78 is 0. The van der Waals surface area contributed by atoms with Crippen LogP contribution in [0.1, 0.15) is 51.9 Å². The number of piperidine rings is 1. The SMILES string of the molecule is CC(N)CCCC(=O)NC1CCN2CCCCC12. The average Bonchev–Trinajstić information content (AvgIpc) is 2.72. The highest BCUT2D eigenvalue weighted by atomic mass is 16.1. The summed E-state index contributed by atoms with van der Waals surface area (Å²) in [6, 6.07) is 1.21. The van der Waals surface area contributed by atoms with E-state index < -0.39 is 0 Å². The van der Waals surface area contributed by atoms with Gasteiger partial charge in [-0.1, -0.05) is 6.42 Å². The molecular weight excluding hydrogens is 226 g/mol. The van der Waals surface area contributed by atoms with Crippen LogP contribution >= 0.6 is 0 Å². The zero-order valence-electron chi connectivity index (χ0n) is 11.5. The first-order valence-electron chi connectivity index (χ1n) is 7.46. The quantitative estimate of drug-likeness (QED) is 0.775. The molecule has 2 rings (SSSR count). The zero-order valence-corrected chi connectivity index (χ0v) is 11.5. The Morgan fingerprint density at radius 1 is 1.39 bits per heavy atom. The van der Waals surface area contributed by atoms with Crippen LogP contribution in [0.4, 0.5) is 0 Å². The third-order valence-corrected chi connectivity index (χ3v) is 4.27. The minimum Gasteiger partial charge on any atom is -0.352 e. The second kappa shape index (κ2) is 6.53. The van der Waals surface area contributed by atoms with Gasteiger partial charge in [-0.25, -0.2) is 0 Å². The Labute approximate surface area is 110 Å². The molecule has 3 atom stereocenters. The second-order valence-corrected chi connectivity index (χ2v) is 5.93. The number of carbonyl (C=O) groups is 1. The number of nitrogens with zero attached hydrogens (tertiary/aromatic N) is 1. The van der Waals surface area contributed by atoms with Crippen molar-refractivity contribution in [2.75, 3.05) is 13.1 Å². The lowest BCUT2D eigenvalue weighted by Gasteiger charge is -2.32. The van der Waals surface area contributed by atoms with E-state index in [1.54, 1.807) is 0 Å². The normalized spacial score (nSPS) is 29.9. The van der Waals surface area contributed by atoms with E-state index in [1.807, 2.05) is 6.92 Å². The summed E-state index contributed by atoms with van der Waals surface area (Å²) in [7, 11) is 0. The molecule has 2 heterocycles.